The van der Waals surface area contributed by atoms with E-state index in [0.717, 1.165) is 14.8 Å². The van der Waals surface area contributed by atoms with Crippen LogP contribution in [0.2, 0.25) is 5.02 Å². The third kappa shape index (κ3) is 4.11. The van der Waals surface area contributed by atoms with Crippen LogP contribution in [0.4, 0.5) is 5.69 Å². The number of nitrogens with one attached hydrogen (secondary N) is 1. The minimum Gasteiger partial charge on any atom is -0.366 e. The van der Waals surface area contributed by atoms with E-state index in [-0.39, 0.29) is 5.91 Å². The molecule has 1 aliphatic rings. The number of halogens is 2. The zero-order valence-electron chi connectivity index (χ0n) is 12.3. The second-order valence-electron chi connectivity index (χ2n) is 4.98. The van der Waals surface area contributed by atoms with Gasteiger partial charge in [-0.3, -0.25) is 9.69 Å². The Morgan fingerprint density at radius 3 is 2.62 bits per heavy atom. The van der Waals surface area contributed by atoms with Crippen LogP contribution in [-0.4, -0.2) is 21.8 Å². The topological polar surface area (TPSA) is 32.3 Å². The average molecular weight is 487 g/mol. The van der Waals surface area contributed by atoms with Crippen LogP contribution >= 0.6 is 58.2 Å². The summed E-state index contributed by atoms with van der Waals surface area (Å²) in [6.45, 7) is 0.290. The predicted molar refractivity (Wildman–Crippen MR) is 114 cm³/mol. The number of benzene rings is 2. The van der Waals surface area contributed by atoms with Crippen molar-refractivity contribution in [2.75, 3.05) is 12.0 Å². The maximum atomic E-state index is 12.6. The lowest BCUT2D eigenvalue weighted by Crippen LogP contribution is -2.33. The highest BCUT2D eigenvalue weighted by atomic mass is 127. The monoisotopic (exact) mass is 486 g/mol. The Kier molecular flexibility index (Phi) is 5.80. The minimum atomic E-state index is -0.0943. The van der Waals surface area contributed by atoms with Gasteiger partial charge < -0.3 is 5.32 Å². The van der Waals surface area contributed by atoms with Crippen molar-refractivity contribution in [3.8, 4) is 0 Å². The van der Waals surface area contributed by atoms with E-state index in [1.165, 1.54) is 11.8 Å². The highest BCUT2D eigenvalue weighted by Crippen LogP contribution is 2.32. The second kappa shape index (κ2) is 7.86. The molecule has 2 aromatic rings. The predicted octanol–water partition coefficient (Wildman–Crippen LogP) is 5.22. The molecule has 0 bridgehead atoms. The van der Waals surface area contributed by atoms with Gasteiger partial charge in [-0.25, -0.2) is 0 Å². The summed E-state index contributed by atoms with van der Waals surface area (Å²) in [5.41, 5.74) is 1.75. The van der Waals surface area contributed by atoms with E-state index in [1.807, 2.05) is 48.5 Å². The highest BCUT2D eigenvalue weighted by molar-refractivity contribution is 14.1. The normalized spacial score (nSPS) is 16.1. The number of carbonyl (C=O) groups excluding carboxylic acids is 1. The molecule has 1 fully saturated rings. The molecule has 24 heavy (non-hydrogen) atoms. The van der Waals surface area contributed by atoms with Crippen LogP contribution in [0.25, 0.3) is 6.08 Å². The lowest BCUT2D eigenvalue weighted by Gasteiger charge is -2.16. The minimum absolute atomic E-state index is 0.0943. The van der Waals surface area contributed by atoms with Crippen LogP contribution in [0.5, 0.6) is 0 Å². The number of para-hydroxylation sites is 1. The van der Waals surface area contributed by atoms with Crippen molar-refractivity contribution in [1.29, 1.82) is 0 Å². The summed E-state index contributed by atoms with van der Waals surface area (Å²) in [5, 5.41) is 3.76. The molecule has 3 nitrogen and oxygen atoms in total. The summed E-state index contributed by atoms with van der Waals surface area (Å²) in [6, 6.07) is 15.4. The van der Waals surface area contributed by atoms with Gasteiger partial charge in [-0.1, -0.05) is 59.8 Å². The zero-order chi connectivity index (χ0) is 17.1. The van der Waals surface area contributed by atoms with E-state index < -0.39 is 0 Å². The van der Waals surface area contributed by atoms with Crippen molar-refractivity contribution in [2.24, 2.45) is 0 Å². The second-order valence-corrected chi connectivity index (χ2v) is 8.30. The lowest BCUT2D eigenvalue weighted by atomic mass is 10.2. The molecule has 1 heterocycles. The number of anilines is 1. The summed E-state index contributed by atoms with van der Waals surface area (Å²) in [5.74, 6) is -0.0943. The van der Waals surface area contributed by atoms with Gasteiger partial charge >= 0.3 is 0 Å². The number of nitrogens with zero attached hydrogens (tertiary/aromatic N) is 1. The van der Waals surface area contributed by atoms with Crippen molar-refractivity contribution < 1.29 is 4.79 Å². The molecule has 2 aromatic carbocycles. The number of carbonyl (C=O) groups is 1. The van der Waals surface area contributed by atoms with Crippen molar-refractivity contribution in [3.05, 3.63) is 67.6 Å². The lowest BCUT2D eigenvalue weighted by molar-refractivity contribution is -0.121. The molecular weight excluding hydrogens is 475 g/mol. The average Bonchev–Trinajstić information content (AvgIpc) is 2.83. The Bertz CT molecular complexity index is 824. The third-order valence-corrected chi connectivity index (χ3v) is 5.77. The molecule has 1 saturated heterocycles. The first kappa shape index (κ1) is 17.7. The SMILES string of the molecule is O=C1/C(=C/c2ccc(I)cc2)SC(=S)N1CNc1ccccc1Cl. The fourth-order valence-electron chi connectivity index (χ4n) is 2.12. The maximum Gasteiger partial charge on any atom is 0.267 e. The van der Waals surface area contributed by atoms with Gasteiger partial charge in [0.1, 0.15) is 4.32 Å². The van der Waals surface area contributed by atoms with Crippen LogP contribution in [0.15, 0.2) is 53.4 Å². The Hall–Kier alpha value is -1.09. The van der Waals surface area contributed by atoms with Gasteiger partial charge in [-0.2, -0.15) is 0 Å². The molecule has 1 N–H and O–H groups in total. The number of amides is 1. The Labute approximate surface area is 168 Å². The Balaban J connectivity index is 1.72. The first-order valence-electron chi connectivity index (χ1n) is 7.04. The van der Waals surface area contributed by atoms with Crippen molar-refractivity contribution in [3.63, 3.8) is 0 Å². The maximum absolute atomic E-state index is 12.6. The smallest absolute Gasteiger partial charge is 0.267 e. The molecule has 0 aliphatic carbocycles. The molecular formula is C17H12ClIN2OS2. The molecule has 0 spiro atoms. The van der Waals surface area contributed by atoms with Gasteiger partial charge in [0.2, 0.25) is 0 Å². The molecule has 122 valence electrons. The molecule has 0 atom stereocenters. The molecule has 1 amide bonds. The molecule has 0 aromatic heterocycles. The van der Waals surface area contributed by atoms with Crippen LogP contribution in [0.1, 0.15) is 5.56 Å². The van der Waals surface area contributed by atoms with E-state index in [1.54, 1.807) is 11.0 Å². The summed E-state index contributed by atoms with van der Waals surface area (Å²) in [7, 11) is 0. The summed E-state index contributed by atoms with van der Waals surface area (Å²) < 4.78 is 1.69. The Morgan fingerprint density at radius 2 is 1.92 bits per heavy atom. The number of thioether (sulfide) groups is 1. The fourth-order valence-corrected chi connectivity index (χ4v) is 3.93. The first-order chi connectivity index (χ1) is 11.5. The van der Waals surface area contributed by atoms with Gasteiger partial charge in [0.25, 0.3) is 5.91 Å². The van der Waals surface area contributed by atoms with Crippen molar-refractivity contribution >= 4 is 80.2 Å². The van der Waals surface area contributed by atoms with Gasteiger partial charge in [-0.05, 0) is 58.5 Å². The van der Waals surface area contributed by atoms with Crippen LogP contribution in [0, 0.1) is 3.57 Å². The van der Waals surface area contributed by atoms with Crippen LogP contribution in [0.3, 0.4) is 0 Å². The van der Waals surface area contributed by atoms with E-state index >= 15 is 0 Å². The van der Waals surface area contributed by atoms with Gasteiger partial charge in [0.05, 0.1) is 22.3 Å². The molecule has 0 radical (unpaired) electrons. The van der Waals surface area contributed by atoms with E-state index in [4.69, 9.17) is 23.8 Å². The number of hydrogen-bond acceptors (Lipinski definition) is 4. The standard InChI is InChI=1S/C17H12ClIN2OS2/c18-13-3-1-2-4-14(13)20-10-21-16(22)15(24-17(21)23)9-11-5-7-12(19)8-6-11/h1-9,20H,10H2/b15-9-. The largest absolute Gasteiger partial charge is 0.366 e. The fraction of sp³-hybridized carbons (Fsp3) is 0.0588. The zero-order valence-corrected chi connectivity index (χ0v) is 16.9. The molecule has 3 rings (SSSR count). The van der Waals surface area contributed by atoms with Crippen LogP contribution in [-0.2, 0) is 4.79 Å². The van der Waals surface area contributed by atoms with E-state index in [9.17, 15) is 4.79 Å². The van der Waals surface area contributed by atoms with E-state index in [0.29, 0.717) is 20.9 Å². The van der Waals surface area contributed by atoms with E-state index in [2.05, 4.69) is 27.9 Å². The number of hydrogen-bond donors (Lipinski definition) is 1. The third-order valence-electron chi connectivity index (χ3n) is 3.34. The summed E-state index contributed by atoms with van der Waals surface area (Å²) in [4.78, 5) is 14.7. The van der Waals surface area contributed by atoms with Gasteiger partial charge in [-0.15, -0.1) is 0 Å². The van der Waals surface area contributed by atoms with Crippen molar-refractivity contribution in [1.82, 2.24) is 4.90 Å². The number of rotatable bonds is 4. The number of thiocarbonyl (C=S) groups is 1. The molecule has 7 heteroatoms. The molecule has 0 unspecified atom stereocenters. The Morgan fingerprint density at radius 1 is 1.21 bits per heavy atom. The summed E-state index contributed by atoms with van der Waals surface area (Å²) >= 11 is 15.0. The van der Waals surface area contributed by atoms with Crippen LogP contribution < -0.4 is 5.32 Å². The molecule has 1 aliphatic heterocycles. The molecule has 0 saturated carbocycles. The van der Waals surface area contributed by atoms with Crippen molar-refractivity contribution in [2.45, 2.75) is 0 Å². The van der Waals surface area contributed by atoms with Gasteiger partial charge in [0.15, 0.2) is 0 Å². The van der Waals surface area contributed by atoms with Gasteiger partial charge in [0, 0.05) is 3.57 Å². The quantitative estimate of drug-likeness (QED) is 0.365. The summed E-state index contributed by atoms with van der Waals surface area (Å²) in [6.07, 6.45) is 1.87. The first-order valence-corrected chi connectivity index (χ1v) is 9.72. The highest BCUT2D eigenvalue weighted by Gasteiger charge is 2.31.